The molecule has 0 bridgehead atoms. The van der Waals surface area contributed by atoms with Crippen molar-refractivity contribution in [3.8, 4) is 0 Å². The number of nitrogens with one attached hydrogen (secondary N) is 4. The second-order valence-corrected chi connectivity index (χ2v) is 10.2. The third-order valence-corrected chi connectivity index (χ3v) is 5.61. The summed E-state index contributed by atoms with van der Waals surface area (Å²) >= 11 is 0. The predicted molar refractivity (Wildman–Crippen MR) is 140 cm³/mol. The summed E-state index contributed by atoms with van der Waals surface area (Å²) in [6.07, 6.45) is -4.38. The largest absolute Gasteiger partial charge is 0.416 e. The van der Waals surface area contributed by atoms with E-state index in [1.165, 1.54) is 0 Å². The van der Waals surface area contributed by atoms with Crippen LogP contribution in [0, 0.1) is 13.8 Å². The number of hydrogen-bond acceptors (Lipinski definition) is 5. The number of carbonyl (C=O) groups is 3. The van der Waals surface area contributed by atoms with Crippen LogP contribution in [-0.2, 0) is 22.3 Å². The van der Waals surface area contributed by atoms with Crippen molar-refractivity contribution >= 4 is 23.4 Å². The number of aryl methyl sites for hydroxylation is 2. The van der Waals surface area contributed by atoms with E-state index in [1.807, 2.05) is 46.8 Å². The Labute approximate surface area is 220 Å². The molecule has 0 aliphatic heterocycles. The minimum atomic E-state index is -4.65. The molecule has 0 unspecified atom stereocenters. The van der Waals surface area contributed by atoms with E-state index in [9.17, 15) is 27.6 Å². The number of nitrogen functional groups attached to an aromatic ring is 1. The summed E-state index contributed by atoms with van der Waals surface area (Å²) in [6, 6.07) is 7.61. The van der Waals surface area contributed by atoms with Gasteiger partial charge in [-0.15, -0.1) is 0 Å². The van der Waals surface area contributed by atoms with Gasteiger partial charge >= 0.3 is 6.18 Å². The van der Waals surface area contributed by atoms with Gasteiger partial charge < -0.3 is 27.0 Å². The lowest BCUT2D eigenvalue weighted by molar-refractivity contribution is -0.137. The number of halogens is 3. The third-order valence-electron chi connectivity index (χ3n) is 5.61. The highest BCUT2D eigenvalue weighted by Crippen LogP contribution is 2.31. The molecule has 2 rings (SSSR count). The van der Waals surface area contributed by atoms with E-state index in [4.69, 9.17) is 5.73 Å². The molecule has 0 aliphatic carbocycles. The lowest BCUT2D eigenvalue weighted by Crippen LogP contribution is -2.54. The Bertz CT molecular complexity index is 1160. The van der Waals surface area contributed by atoms with Crippen LogP contribution >= 0.6 is 0 Å². The highest BCUT2D eigenvalue weighted by atomic mass is 19.4. The molecule has 2 aromatic rings. The van der Waals surface area contributed by atoms with Crippen molar-refractivity contribution in [1.82, 2.24) is 21.3 Å². The highest BCUT2D eigenvalue weighted by molar-refractivity contribution is 6.01. The number of nitrogens with two attached hydrogens (primary N) is 1. The van der Waals surface area contributed by atoms with Crippen LogP contribution in [0.5, 0.6) is 0 Å². The van der Waals surface area contributed by atoms with Crippen molar-refractivity contribution < 1.29 is 27.6 Å². The monoisotopic (exact) mass is 535 g/mol. The van der Waals surface area contributed by atoms with E-state index in [1.54, 1.807) is 0 Å². The molecule has 3 amide bonds. The SMILES string of the molecule is Cc1ccc(CNCC[C@H](NC(=O)CNC(=O)c2cc(C(F)(F)F)ccc2N)C(=O)NC(C)(C)C)c(C)c1. The molecule has 38 heavy (non-hydrogen) atoms. The van der Waals surface area contributed by atoms with Crippen LogP contribution in [0.25, 0.3) is 0 Å². The molecule has 0 aliphatic rings. The molecule has 0 spiro atoms. The van der Waals surface area contributed by atoms with Gasteiger partial charge in [-0.25, -0.2) is 0 Å². The summed E-state index contributed by atoms with van der Waals surface area (Å²) in [4.78, 5) is 37.8. The average molecular weight is 536 g/mol. The summed E-state index contributed by atoms with van der Waals surface area (Å²) in [7, 11) is 0. The minimum Gasteiger partial charge on any atom is -0.398 e. The Balaban J connectivity index is 1.99. The molecular weight excluding hydrogens is 499 g/mol. The van der Waals surface area contributed by atoms with E-state index >= 15 is 0 Å². The maximum Gasteiger partial charge on any atom is 0.416 e. The maximum atomic E-state index is 13.0. The summed E-state index contributed by atoms with van der Waals surface area (Å²) in [5.41, 5.74) is 6.95. The predicted octanol–water partition coefficient (Wildman–Crippen LogP) is 3.21. The first kappa shape index (κ1) is 30.6. The number of hydrogen-bond donors (Lipinski definition) is 5. The zero-order valence-electron chi connectivity index (χ0n) is 22.3. The van der Waals surface area contributed by atoms with Crippen molar-refractivity contribution in [2.75, 3.05) is 18.8 Å². The van der Waals surface area contributed by atoms with Crippen molar-refractivity contribution in [3.05, 3.63) is 64.2 Å². The Morgan fingerprint density at radius 1 is 1.00 bits per heavy atom. The van der Waals surface area contributed by atoms with Gasteiger partial charge in [-0.05, 0) is 76.9 Å². The van der Waals surface area contributed by atoms with E-state index in [2.05, 4.69) is 27.3 Å². The molecule has 2 aromatic carbocycles. The third kappa shape index (κ3) is 9.70. The van der Waals surface area contributed by atoms with Gasteiger partial charge in [0.15, 0.2) is 0 Å². The number of anilines is 1. The molecule has 0 saturated carbocycles. The second-order valence-electron chi connectivity index (χ2n) is 10.2. The number of benzene rings is 2. The van der Waals surface area contributed by atoms with E-state index in [-0.39, 0.29) is 12.1 Å². The van der Waals surface area contributed by atoms with Crippen LogP contribution in [0.1, 0.15) is 59.8 Å². The molecule has 0 heterocycles. The first-order valence-corrected chi connectivity index (χ1v) is 12.2. The van der Waals surface area contributed by atoms with E-state index in [0.717, 1.165) is 28.8 Å². The standard InChI is InChI=1S/C27H36F3N5O3/c1-16-6-7-18(17(2)12-16)14-32-11-10-22(25(38)35-26(3,4)5)34-23(36)15-33-24(37)20-13-19(27(28,29)30)8-9-21(20)31/h6-9,12-13,22,32H,10-11,14-15,31H2,1-5H3,(H,33,37)(H,34,36)(H,35,38)/t22-/m0/s1. The van der Waals surface area contributed by atoms with Gasteiger partial charge in [0.1, 0.15) is 6.04 Å². The van der Waals surface area contributed by atoms with Crippen LogP contribution in [-0.4, -0.2) is 42.4 Å². The van der Waals surface area contributed by atoms with Crippen molar-refractivity contribution in [2.45, 2.75) is 65.3 Å². The Morgan fingerprint density at radius 3 is 2.29 bits per heavy atom. The molecule has 8 nitrogen and oxygen atoms in total. The Morgan fingerprint density at radius 2 is 1.68 bits per heavy atom. The fourth-order valence-electron chi connectivity index (χ4n) is 3.67. The molecule has 0 fully saturated rings. The number of amides is 3. The lowest BCUT2D eigenvalue weighted by atomic mass is 10.1. The fraction of sp³-hybridized carbons (Fsp3) is 0.444. The molecule has 1 atom stereocenters. The highest BCUT2D eigenvalue weighted by Gasteiger charge is 2.31. The fourth-order valence-corrected chi connectivity index (χ4v) is 3.67. The van der Waals surface area contributed by atoms with Crippen LogP contribution in [0.15, 0.2) is 36.4 Å². The molecule has 11 heteroatoms. The van der Waals surface area contributed by atoms with Crippen LogP contribution < -0.4 is 27.0 Å². The Hall–Kier alpha value is -3.60. The number of carbonyl (C=O) groups excluding carboxylic acids is 3. The zero-order valence-corrected chi connectivity index (χ0v) is 22.3. The van der Waals surface area contributed by atoms with Crippen molar-refractivity contribution in [3.63, 3.8) is 0 Å². The van der Waals surface area contributed by atoms with Gasteiger partial charge in [0, 0.05) is 17.8 Å². The smallest absolute Gasteiger partial charge is 0.398 e. The first-order valence-electron chi connectivity index (χ1n) is 12.2. The van der Waals surface area contributed by atoms with Gasteiger partial charge in [0.2, 0.25) is 11.8 Å². The van der Waals surface area contributed by atoms with Gasteiger partial charge in [0.05, 0.1) is 17.7 Å². The quantitative estimate of drug-likeness (QED) is 0.236. The summed E-state index contributed by atoms with van der Waals surface area (Å²) in [6.45, 7) is 9.91. The zero-order chi connectivity index (χ0) is 28.7. The van der Waals surface area contributed by atoms with Gasteiger partial charge in [-0.1, -0.05) is 23.8 Å². The molecular formula is C27H36F3N5O3. The number of alkyl halides is 3. The molecule has 0 aromatic heterocycles. The molecule has 0 saturated heterocycles. The van der Waals surface area contributed by atoms with Gasteiger partial charge in [0.25, 0.3) is 5.91 Å². The normalized spacial score (nSPS) is 12.5. The summed E-state index contributed by atoms with van der Waals surface area (Å²) in [5, 5.41) is 11.0. The molecule has 208 valence electrons. The van der Waals surface area contributed by atoms with Crippen molar-refractivity contribution in [1.29, 1.82) is 0 Å². The van der Waals surface area contributed by atoms with Gasteiger partial charge in [-0.2, -0.15) is 13.2 Å². The lowest BCUT2D eigenvalue weighted by Gasteiger charge is -2.26. The van der Waals surface area contributed by atoms with Crippen molar-refractivity contribution in [2.24, 2.45) is 0 Å². The molecule has 0 radical (unpaired) electrons. The van der Waals surface area contributed by atoms with E-state index < -0.39 is 53.2 Å². The van der Waals surface area contributed by atoms with E-state index in [0.29, 0.717) is 19.2 Å². The van der Waals surface area contributed by atoms with Crippen LogP contribution in [0.3, 0.4) is 0 Å². The minimum absolute atomic E-state index is 0.159. The summed E-state index contributed by atoms with van der Waals surface area (Å²) in [5.74, 6) is -2.01. The topological polar surface area (TPSA) is 125 Å². The number of rotatable bonds is 10. The van der Waals surface area contributed by atoms with Gasteiger partial charge in [-0.3, -0.25) is 14.4 Å². The second kappa shape index (κ2) is 12.8. The van der Waals surface area contributed by atoms with Crippen LogP contribution in [0.2, 0.25) is 0 Å². The average Bonchev–Trinajstić information content (AvgIpc) is 2.79. The first-order chi connectivity index (χ1) is 17.6. The molecule has 6 N–H and O–H groups in total. The Kier molecular flexibility index (Phi) is 10.3. The summed E-state index contributed by atoms with van der Waals surface area (Å²) < 4.78 is 39.0. The maximum absolute atomic E-state index is 13.0. The van der Waals surface area contributed by atoms with Crippen LogP contribution in [0.4, 0.5) is 18.9 Å².